The van der Waals surface area contributed by atoms with Gasteiger partial charge in [-0.1, -0.05) is 78.9 Å². The monoisotopic (exact) mass is 408 g/mol. The van der Waals surface area contributed by atoms with Gasteiger partial charge in [0.15, 0.2) is 0 Å². The molecule has 1 fully saturated rings. The van der Waals surface area contributed by atoms with E-state index in [0.717, 1.165) is 11.1 Å². The number of ether oxygens (including phenoxy) is 1. The molecule has 2 N–H and O–H groups in total. The van der Waals surface area contributed by atoms with Crippen LogP contribution in [0.5, 0.6) is 0 Å². The second-order valence-electron chi connectivity index (χ2n) is 7.00. The number of rotatable bonds is 6. The van der Waals surface area contributed by atoms with Crippen LogP contribution in [-0.4, -0.2) is 25.5 Å². The van der Waals surface area contributed by atoms with E-state index in [9.17, 15) is 8.42 Å². The Morgan fingerprint density at radius 1 is 0.793 bits per heavy atom. The van der Waals surface area contributed by atoms with Crippen LogP contribution < -0.4 is 5.73 Å². The Balaban J connectivity index is 1.87. The normalized spacial score (nSPS) is 22.6. The van der Waals surface area contributed by atoms with Crippen LogP contribution in [0.3, 0.4) is 0 Å². The molecule has 3 aromatic rings. The largest absolute Gasteiger partial charge is 0.352 e. The van der Waals surface area contributed by atoms with Gasteiger partial charge in [0, 0.05) is 6.42 Å². The molecule has 3 atom stereocenters. The summed E-state index contributed by atoms with van der Waals surface area (Å²) in [5.74, 6) is 0. The highest BCUT2D eigenvalue weighted by Crippen LogP contribution is 2.48. The van der Waals surface area contributed by atoms with Gasteiger partial charge in [-0.25, -0.2) is 8.42 Å². The number of sulfonamides is 1. The molecule has 0 aromatic heterocycles. The van der Waals surface area contributed by atoms with E-state index in [1.165, 1.54) is 4.31 Å². The number of nitrogens with two attached hydrogens (primary N) is 1. The minimum atomic E-state index is -3.80. The topological polar surface area (TPSA) is 72.6 Å². The van der Waals surface area contributed by atoms with Crippen molar-refractivity contribution in [3.8, 4) is 0 Å². The van der Waals surface area contributed by atoms with Crippen molar-refractivity contribution >= 4 is 10.0 Å². The molecule has 0 aliphatic carbocycles. The quantitative estimate of drug-likeness (QED) is 0.672. The molecule has 5 nitrogen and oxygen atoms in total. The zero-order chi connectivity index (χ0) is 20.3. The van der Waals surface area contributed by atoms with E-state index in [0.29, 0.717) is 13.0 Å². The van der Waals surface area contributed by atoms with E-state index in [-0.39, 0.29) is 4.90 Å². The predicted molar refractivity (Wildman–Crippen MR) is 112 cm³/mol. The highest BCUT2D eigenvalue weighted by Gasteiger charge is 2.49. The van der Waals surface area contributed by atoms with Gasteiger partial charge in [0.2, 0.25) is 10.0 Å². The van der Waals surface area contributed by atoms with Crippen molar-refractivity contribution in [1.29, 1.82) is 0 Å². The SMILES string of the molecule is NCC[C@@H]1O[C@H](c2ccccc2)[C@H](c2ccccc2)N1S(=O)(=O)c1ccccc1. The predicted octanol–water partition coefficient (Wildman–Crippen LogP) is 3.87. The lowest BCUT2D eigenvalue weighted by Gasteiger charge is -2.28. The van der Waals surface area contributed by atoms with E-state index in [2.05, 4.69) is 0 Å². The summed E-state index contributed by atoms with van der Waals surface area (Å²) in [6.07, 6.45) is -0.645. The summed E-state index contributed by atoms with van der Waals surface area (Å²) >= 11 is 0. The molecule has 0 amide bonds. The van der Waals surface area contributed by atoms with Crippen LogP contribution in [0.15, 0.2) is 95.9 Å². The minimum Gasteiger partial charge on any atom is -0.352 e. The van der Waals surface area contributed by atoms with Crippen LogP contribution in [0.1, 0.15) is 29.7 Å². The zero-order valence-corrected chi connectivity index (χ0v) is 16.8. The van der Waals surface area contributed by atoms with Gasteiger partial charge in [-0.05, 0) is 29.8 Å². The molecule has 3 aromatic carbocycles. The van der Waals surface area contributed by atoms with Gasteiger partial charge in [-0.3, -0.25) is 0 Å². The van der Waals surface area contributed by atoms with Crippen LogP contribution in [0, 0.1) is 0 Å². The Labute approximate surface area is 171 Å². The smallest absolute Gasteiger partial charge is 0.245 e. The first-order valence-corrected chi connectivity index (χ1v) is 11.1. The molecule has 1 aliphatic heterocycles. The van der Waals surface area contributed by atoms with Crippen molar-refractivity contribution in [3.63, 3.8) is 0 Å². The maximum atomic E-state index is 13.7. The molecule has 1 saturated heterocycles. The van der Waals surface area contributed by atoms with Gasteiger partial charge in [0.05, 0.1) is 10.9 Å². The van der Waals surface area contributed by atoms with E-state index < -0.39 is 28.4 Å². The van der Waals surface area contributed by atoms with Crippen molar-refractivity contribution < 1.29 is 13.2 Å². The van der Waals surface area contributed by atoms with Gasteiger partial charge in [0.1, 0.15) is 12.3 Å². The second kappa shape index (κ2) is 8.47. The minimum absolute atomic E-state index is 0.250. The van der Waals surface area contributed by atoms with Gasteiger partial charge in [0.25, 0.3) is 0 Å². The number of benzene rings is 3. The van der Waals surface area contributed by atoms with Crippen LogP contribution in [-0.2, 0) is 14.8 Å². The average molecular weight is 409 g/mol. The fourth-order valence-corrected chi connectivity index (χ4v) is 5.59. The molecule has 4 rings (SSSR count). The molecule has 1 aliphatic rings. The molecule has 150 valence electrons. The van der Waals surface area contributed by atoms with E-state index in [1.807, 2.05) is 60.7 Å². The van der Waals surface area contributed by atoms with Crippen LogP contribution >= 0.6 is 0 Å². The van der Waals surface area contributed by atoms with Gasteiger partial charge in [-0.2, -0.15) is 4.31 Å². The first kappa shape index (κ1) is 19.8. The highest BCUT2D eigenvalue weighted by molar-refractivity contribution is 7.89. The summed E-state index contributed by atoms with van der Waals surface area (Å²) in [4.78, 5) is 0.250. The number of hydrogen-bond donors (Lipinski definition) is 1. The molecule has 6 heteroatoms. The summed E-state index contributed by atoms with van der Waals surface area (Å²) in [7, 11) is -3.80. The van der Waals surface area contributed by atoms with Crippen LogP contribution in [0.4, 0.5) is 0 Å². The summed E-state index contributed by atoms with van der Waals surface area (Å²) in [6, 6.07) is 27.4. The van der Waals surface area contributed by atoms with Crippen molar-refractivity contribution in [2.24, 2.45) is 5.73 Å². The maximum Gasteiger partial charge on any atom is 0.245 e. The Morgan fingerprint density at radius 2 is 1.31 bits per heavy atom. The lowest BCUT2D eigenvalue weighted by atomic mass is 9.96. The average Bonchev–Trinajstić information content (AvgIpc) is 3.16. The molecular formula is C23H24N2O3S. The lowest BCUT2D eigenvalue weighted by molar-refractivity contribution is 0.0168. The standard InChI is InChI=1S/C23H24N2O3S/c24-17-16-21-25(29(26,27)20-14-8-3-9-15-20)22(18-10-4-1-5-11-18)23(28-21)19-12-6-2-7-13-19/h1-15,21-23H,16-17,24H2/t21-,22-,23+/m0/s1. The van der Waals surface area contributed by atoms with E-state index >= 15 is 0 Å². The van der Waals surface area contributed by atoms with Gasteiger partial charge in [-0.15, -0.1) is 0 Å². The second-order valence-corrected chi connectivity index (χ2v) is 8.85. The van der Waals surface area contributed by atoms with Gasteiger partial charge >= 0.3 is 0 Å². The van der Waals surface area contributed by atoms with Crippen LogP contribution in [0.25, 0.3) is 0 Å². The molecule has 0 spiro atoms. The fraction of sp³-hybridized carbons (Fsp3) is 0.217. The third kappa shape index (κ3) is 3.84. The molecule has 0 saturated carbocycles. The summed E-state index contributed by atoms with van der Waals surface area (Å²) in [6.45, 7) is 0.328. The van der Waals surface area contributed by atoms with Crippen molar-refractivity contribution in [1.82, 2.24) is 4.31 Å². The Kier molecular flexibility index (Phi) is 5.78. The maximum absolute atomic E-state index is 13.7. The summed E-state index contributed by atoms with van der Waals surface area (Å²) in [5, 5.41) is 0. The van der Waals surface area contributed by atoms with Gasteiger partial charge < -0.3 is 10.5 Å². The Hall–Kier alpha value is -2.51. The summed E-state index contributed by atoms with van der Waals surface area (Å²) < 4.78 is 35.2. The van der Waals surface area contributed by atoms with E-state index in [4.69, 9.17) is 10.5 Å². The third-order valence-corrected chi connectivity index (χ3v) is 7.04. The zero-order valence-electron chi connectivity index (χ0n) is 16.0. The molecule has 0 bridgehead atoms. The first-order valence-electron chi connectivity index (χ1n) is 9.67. The Bertz CT molecular complexity index is 1030. The summed E-state index contributed by atoms with van der Waals surface area (Å²) in [5.41, 5.74) is 7.65. The Morgan fingerprint density at radius 3 is 1.86 bits per heavy atom. The first-order chi connectivity index (χ1) is 14.1. The van der Waals surface area contributed by atoms with Crippen LogP contribution in [0.2, 0.25) is 0 Å². The van der Waals surface area contributed by atoms with E-state index in [1.54, 1.807) is 30.3 Å². The molecule has 0 radical (unpaired) electrons. The molecule has 0 unspecified atom stereocenters. The number of nitrogens with zero attached hydrogens (tertiary/aromatic N) is 1. The number of hydrogen-bond acceptors (Lipinski definition) is 4. The van der Waals surface area contributed by atoms with Crippen molar-refractivity contribution in [3.05, 3.63) is 102 Å². The van der Waals surface area contributed by atoms with Crippen molar-refractivity contribution in [2.75, 3.05) is 6.54 Å². The highest BCUT2D eigenvalue weighted by atomic mass is 32.2. The fourth-order valence-electron chi connectivity index (χ4n) is 3.85. The third-order valence-electron chi connectivity index (χ3n) is 5.15. The van der Waals surface area contributed by atoms with Crippen molar-refractivity contribution in [2.45, 2.75) is 29.7 Å². The molecular weight excluding hydrogens is 384 g/mol. The molecule has 29 heavy (non-hydrogen) atoms. The lowest BCUT2D eigenvalue weighted by Crippen LogP contribution is -2.39. The molecule has 1 heterocycles.